The highest BCUT2D eigenvalue weighted by Gasteiger charge is 2.28. The zero-order valence-corrected chi connectivity index (χ0v) is 18.3. The van der Waals surface area contributed by atoms with E-state index in [0.29, 0.717) is 17.0 Å². The normalized spacial score (nSPS) is 12.2. The van der Waals surface area contributed by atoms with Gasteiger partial charge in [-0.1, -0.05) is 18.2 Å². The topological polar surface area (TPSA) is 82.7 Å². The van der Waals surface area contributed by atoms with Gasteiger partial charge in [0.25, 0.3) is 5.91 Å². The molecule has 0 heterocycles. The SMILES string of the molecule is COc1cccc(C(CNC(=O)Nc2cc(C(=O)NCC(F)(F)F)ccc2C)N(C)C)c1. The molecule has 174 valence electrons. The predicted molar refractivity (Wildman–Crippen MR) is 116 cm³/mol. The van der Waals surface area contributed by atoms with Crippen LogP contribution in [0, 0.1) is 6.92 Å². The third-order valence-electron chi connectivity index (χ3n) is 4.76. The molecule has 0 aliphatic rings. The Kier molecular flexibility index (Phi) is 8.48. The number of aryl methyl sites for hydroxylation is 1. The van der Waals surface area contributed by atoms with E-state index in [0.717, 1.165) is 5.56 Å². The summed E-state index contributed by atoms with van der Waals surface area (Å²) in [5, 5.41) is 7.25. The van der Waals surface area contributed by atoms with Crippen LogP contribution in [-0.4, -0.2) is 57.3 Å². The van der Waals surface area contributed by atoms with Gasteiger partial charge in [-0.2, -0.15) is 13.2 Å². The highest BCUT2D eigenvalue weighted by atomic mass is 19.4. The monoisotopic (exact) mass is 452 g/mol. The van der Waals surface area contributed by atoms with Crippen LogP contribution in [0.5, 0.6) is 5.75 Å². The minimum atomic E-state index is -4.51. The number of alkyl halides is 3. The van der Waals surface area contributed by atoms with Crippen molar-refractivity contribution in [2.45, 2.75) is 19.1 Å². The highest BCUT2D eigenvalue weighted by Crippen LogP contribution is 2.22. The summed E-state index contributed by atoms with van der Waals surface area (Å²) in [6.45, 7) is 0.571. The van der Waals surface area contributed by atoms with Crippen LogP contribution in [0.25, 0.3) is 0 Å². The van der Waals surface area contributed by atoms with Crippen LogP contribution in [0.1, 0.15) is 27.5 Å². The van der Waals surface area contributed by atoms with Crippen molar-refractivity contribution in [1.82, 2.24) is 15.5 Å². The van der Waals surface area contributed by atoms with E-state index in [2.05, 4.69) is 10.6 Å². The van der Waals surface area contributed by atoms with Crippen LogP contribution >= 0.6 is 0 Å². The van der Waals surface area contributed by atoms with E-state index >= 15 is 0 Å². The maximum Gasteiger partial charge on any atom is 0.405 e. The Morgan fingerprint density at radius 2 is 1.81 bits per heavy atom. The second-order valence-electron chi connectivity index (χ2n) is 7.42. The minimum absolute atomic E-state index is 0.0118. The van der Waals surface area contributed by atoms with Gasteiger partial charge in [0.05, 0.1) is 13.2 Å². The first-order valence-electron chi connectivity index (χ1n) is 9.81. The number of likely N-dealkylation sites (N-methyl/N-ethyl adjacent to an activating group) is 1. The van der Waals surface area contributed by atoms with E-state index in [4.69, 9.17) is 4.74 Å². The summed E-state index contributed by atoms with van der Waals surface area (Å²) in [6.07, 6.45) is -4.51. The molecule has 2 aromatic rings. The Morgan fingerprint density at radius 1 is 1.09 bits per heavy atom. The molecular weight excluding hydrogens is 425 g/mol. The van der Waals surface area contributed by atoms with Crippen molar-refractivity contribution in [3.8, 4) is 5.75 Å². The van der Waals surface area contributed by atoms with Crippen LogP contribution in [0.3, 0.4) is 0 Å². The Labute approximate surface area is 184 Å². The van der Waals surface area contributed by atoms with E-state index in [1.165, 1.54) is 12.1 Å². The molecule has 3 amide bonds. The van der Waals surface area contributed by atoms with Crippen LogP contribution in [0.2, 0.25) is 0 Å². The van der Waals surface area contributed by atoms with Gasteiger partial charge in [-0.15, -0.1) is 0 Å². The van der Waals surface area contributed by atoms with Gasteiger partial charge in [-0.25, -0.2) is 4.79 Å². The average Bonchev–Trinajstić information content (AvgIpc) is 2.73. The van der Waals surface area contributed by atoms with Gasteiger partial charge in [-0.3, -0.25) is 4.79 Å². The number of methoxy groups -OCH3 is 1. The Bertz CT molecular complexity index is 948. The minimum Gasteiger partial charge on any atom is -0.497 e. The van der Waals surface area contributed by atoms with Crippen LogP contribution < -0.4 is 20.7 Å². The number of nitrogens with one attached hydrogen (secondary N) is 3. The number of rotatable bonds is 8. The summed E-state index contributed by atoms with van der Waals surface area (Å²) in [5.74, 6) is -0.175. The maximum absolute atomic E-state index is 12.5. The maximum atomic E-state index is 12.5. The van der Waals surface area contributed by atoms with Crippen molar-refractivity contribution in [2.75, 3.05) is 39.6 Å². The number of amides is 3. The Hall–Kier alpha value is -3.27. The molecule has 32 heavy (non-hydrogen) atoms. The molecule has 3 N–H and O–H groups in total. The van der Waals surface area contributed by atoms with Crippen molar-refractivity contribution < 1.29 is 27.5 Å². The highest BCUT2D eigenvalue weighted by molar-refractivity contribution is 5.97. The predicted octanol–water partition coefficient (Wildman–Crippen LogP) is 3.72. The van der Waals surface area contributed by atoms with Crippen LogP contribution in [0.15, 0.2) is 42.5 Å². The number of hydrogen-bond acceptors (Lipinski definition) is 4. The zero-order chi connectivity index (χ0) is 23.9. The van der Waals surface area contributed by atoms with Crippen molar-refractivity contribution in [1.29, 1.82) is 0 Å². The summed E-state index contributed by atoms with van der Waals surface area (Å²) >= 11 is 0. The fraction of sp³-hybridized carbons (Fsp3) is 0.364. The van der Waals surface area contributed by atoms with E-state index in [-0.39, 0.29) is 18.2 Å². The molecule has 7 nitrogen and oxygen atoms in total. The standard InChI is InChI=1S/C22H27F3N4O3/c1-14-8-9-16(20(30)27-13-22(23,24)25)11-18(14)28-21(31)26-12-19(29(2)3)15-6-5-7-17(10-15)32-4/h5-11,19H,12-13H2,1-4H3,(H,27,30)(H2,26,28,31). The third-order valence-corrected chi connectivity index (χ3v) is 4.76. The van der Waals surface area contributed by atoms with Crippen LogP contribution in [0.4, 0.5) is 23.7 Å². The lowest BCUT2D eigenvalue weighted by Gasteiger charge is -2.25. The summed E-state index contributed by atoms with van der Waals surface area (Å²) in [6, 6.07) is 11.2. The van der Waals surface area contributed by atoms with Crippen molar-refractivity contribution in [2.24, 2.45) is 0 Å². The quantitative estimate of drug-likeness (QED) is 0.570. The molecule has 0 bridgehead atoms. The number of anilines is 1. The largest absolute Gasteiger partial charge is 0.497 e. The second-order valence-corrected chi connectivity index (χ2v) is 7.42. The number of carbonyl (C=O) groups excluding carboxylic acids is 2. The first-order chi connectivity index (χ1) is 15.0. The van der Waals surface area contributed by atoms with Gasteiger partial charge >= 0.3 is 12.2 Å². The van der Waals surface area contributed by atoms with Gasteiger partial charge in [0.1, 0.15) is 12.3 Å². The Morgan fingerprint density at radius 3 is 2.44 bits per heavy atom. The molecule has 2 aromatic carbocycles. The second kappa shape index (κ2) is 10.9. The fourth-order valence-corrected chi connectivity index (χ4v) is 2.98. The van der Waals surface area contributed by atoms with E-state index in [1.807, 2.05) is 48.6 Å². The third kappa shape index (κ3) is 7.45. The summed E-state index contributed by atoms with van der Waals surface area (Å²) in [7, 11) is 5.35. The number of urea groups is 1. The lowest BCUT2D eigenvalue weighted by Crippen LogP contribution is -2.37. The number of halogens is 3. The first-order valence-corrected chi connectivity index (χ1v) is 9.81. The van der Waals surface area contributed by atoms with E-state index in [1.54, 1.807) is 20.1 Å². The van der Waals surface area contributed by atoms with Gasteiger partial charge < -0.3 is 25.6 Å². The molecule has 0 aliphatic carbocycles. The number of nitrogens with zero attached hydrogens (tertiary/aromatic N) is 1. The van der Waals surface area contributed by atoms with E-state index in [9.17, 15) is 22.8 Å². The number of ether oxygens (including phenoxy) is 1. The fourth-order valence-electron chi connectivity index (χ4n) is 2.98. The summed E-state index contributed by atoms with van der Waals surface area (Å²) < 4.78 is 42.2. The number of hydrogen-bond donors (Lipinski definition) is 3. The molecule has 10 heteroatoms. The molecule has 0 fully saturated rings. The average molecular weight is 452 g/mol. The van der Waals surface area contributed by atoms with Gasteiger partial charge in [-0.05, 0) is 56.4 Å². The molecule has 0 radical (unpaired) electrons. The lowest BCUT2D eigenvalue weighted by molar-refractivity contribution is -0.123. The Balaban J connectivity index is 2.04. The van der Waals surface area contributed by atoms with Crippen molar-refractivity contribution in [3.05, 3.63) is 59.2 Å². The van der Waals surface area contributed by atoms with E-state index < -0.39 is 24.7 Å². The van der Waals surface area contributed by atoms with Crippen LogP contribution in [-0.2, 0) is 0 Å². The molecule has 1 atom stereocenters. The smallest absolute Gasteiger partial charge is 0.405 e. The number of carbonyl (C=O) groups is 2. The molecule has 1 unspecified atom stereocenters. The number of benzene rings is 2. The molecule has 2 rings (SSSR count). The van der Waals surface area contributed by atoms with Gasteiger partial charge in [0.2, 0.25) is 0 Å². The molecule has 0 spiro atoms. The summed E-state index contributed by atoms with van der Waals surface area (Å²) in [5.41, 5.74) is 1.95. The van der Waals surface area contributed by atoms with Gasteiger partial charge in [0, 0.05) is 17.8 Å². The van der Waals surface area contributed by atoms with Gasteiger partial charge in [0.15, 0.2) is 0 Å². The van der Waals surface area contributed by atoms with Crippen molar-refractivity contribution >= 4 is 17.6 Å². The molecule has 0 saturated carbocycles. The zero-order valence-electron chi connectivity index (χ0n) is 18.3. The van der Waals surface area contributed by atoms with Crippen molar-refractivity contribution in [3.63, 3.8) is 0 Å². The molecule has 0 aliphatic heterocycles. The lowest BCUT2D eigenvalue weighted by atomic mass is 10.1. The molecular formula is C22H27F3N4O3. The molecule has 0 aromatic heterocycles. The first kappa shape index (κ1) is 25.0. The summed E-state index contributed by atoms with van der Waals surface area (Å²) in [4.78, 5) is 26.4. The molecule has 0 saturated heterocycles.